The molecule has 0 rings (SSSR count). The molecule has 0 bridgehead atoms. The van der Waals surface area contributed by atoms with Gasteiger partial charge in [-0.25, -0.2) is 24.7 Å². The highest BCUT2D eigenvalue weighted by atomic mass is 28.4. The van der Waals surface area contributed by atoms with Crippen LogP contribution in [0.5, 0.6) is 0 Å². The van der Waals surface area contributed by atoms with Crippen molar-refractivity contribution >= 4 is 18.6 Å². The second-order valence-electron chi connectivity index (χ2n) is 5.88. The van der Waals surface area contributed by atoms with Gasteiger partial charge in [0.05, 0.1) is 0 Å². The van der Waals surface area contributed by atoms with Crippen LogP contribution in [-0.4, -0.2) is 118 Å². The number of nitrogens with zero attached hydrogens (tertiary/aromatic N) is 6. The highest BCUT2D eigenvalue weighted by molar-refractivity contribution is 6.66. The molecule has 0 aromatic heterocycles. The van der Waals surface area contributed by atoms with Crippen molar-refractivity contribution in [1.29, 1.82) is 0 Å². The molecular weight excluding hydrogens is 316 g/mol. The molecule has 0 aromatic rings. The number of hydrogen-bond acceptors (Lipinski definition) is 10. The van der Waals surface area contributed by atoms with Crippen molar-refractivity contribution in [1.82, 2.24) is 49.8 Å². The molecule has 4 N–H and O–H groups in total. The third-order valence-corrected chi connectivity index (χ3v) is 7.77. The molecule has 0 fully saturated rings. The molecule has 0 aliphatic rings. The van der Waals surface area contributed by atoms with Gasteiger partial charge in [0, 0.05) is 70.5 Å². The van der Waals surface area contributed by atoms with Crippen LogP contribution in [0.1, 0.15) is 0 Å². The third-order valence-electron chi connectivity index (χ3n) is 2.14. The summed E-state index contributed by atoms with van der Waals surface area (Å²) in [5.74, 6) is 0. The Morgan fingerprint density at radius 2 is 0.682 bits per heavy atom. The minimum atomic E-state index is -1.29. The fraction of sp³-hybridized carbons (Fsp3) is 1.00. The van der Waals surface area contributed by atoms with Crippen molar-refractivity contribution in [2.75, 3.05) is 70.5 Å². The highest BCUT2D eigenvalue weighted by Crippen LogP contribution is 1.97. The van der Waals surface area contributed by atoms with E-state index < -0.39 is 18.6 Å². The van der Waals surface area contributed by atoms with E-state index in [0.717, 1.165) is 0 Å². The summed E-state index contributed by atoms with van der Waals surface area (Å²) >= 11 is 0. The van der Waals surface area contributed by atoms with Crippen molar-refractivity contribution < 1.29 is 0 Å². The molecule has 0 aliphatic heterocycles. The molecule has 0 amide bonds. The molecule has 12 heteroatoms. The van der Waals surface area contributed by atoms with Gasteiger partial charge in [0.15, 0.2) is 0 Å². The lowest BCUT2D eigenvalue weighted by Gasteiger charge is -2.42. The Morgan fingerprint density at radius 3 is 0.818 bits per heavy atom. The van der Waals surface area contributed by atoms with E-state index in [1.165, 1.54) is 0 Å². The zero-order chi connectivity index (χ0) is 17.4. The summed E-state index contributed by atoms with van der Waals surface area (Å²) in [5.41, 5.74) is 0. The Balaban J connectivity index is 5.34. The molecule has 0 spiro atoms. The van der Waals surface area contributed by atoms with Gasteiger partial charge in [0.25, 0.3) is 0 Å². The first-order valence-corrected chi connectivity index (χ1v) is 9.91. The fourth-order valence-corrected chi connectivity index (χ4v) is 6.07. The predicted molar refractivity (Wildman–Crippen MR) is 94.3 cm³/mol. The molecule has 0 atom stereocenters. The fourth-order valence-electron chi connectivity index (χ4n) is 1.60. The average Bonchev–Trinajstić information content (AvgIpc) is 2.23. The Kier molecular flexibility index (Phi) is 10.8. The van der Waals surface area contributed by atoms with Crippen molar-refractivity contribution in [2.45, 2.75) is 0 Å². The van der Waals surface area contributed by atoms with Gasteiger partial charge < -0.3 is 0 Å². The Bertz CT molecular complexity index is 245. The summed E-state index contributed by atoms with van der Waals surface area (Å²) in [4.78, 5) is 0. The van der Waals surface area contributed by atoms with Crippen LogP contribution >= 0.6 is 0 Å². The molecule has 0 heterocycles. The molecule has 0 saturated heterocycles. The summed E-state index contributed by atoms with van der Waals surface area (Å²) < 4.78 is 2.31. The van der Waals surface area contributed by atoms with Crippen LogP contribution in [-0.2, 0) is 0 Å². The zero-order valence-corrected chi connectivity index (χ0v) is 17.7. The van der Waals surface area contributed by atoms with Crippen LogP contribution in [0.4, 0.5) is 0 Å². The number of hydrogen-bond donors (Lipinski definition) is 4. The summed E-state index contributed by atoms with van der Waals surface area (Å²) in [6.07, 6.45) is 0. The van der Waals surface area contributed by atoms with Crippen LogP contribution in [0.25, 0.3) is 0 Å². The maximum Gasteiger partial charge on any atom is 0.361 e. The average molecular weight is 351 g/mol. The van der Waals surface area contributed by atoms with Gasteiger partial charge in [-0.3, -0.25) is 25.0 Å². The predicted octanol–water partition coefficient (Wildman–Crippen LogP) is -3.00. The van der Waals surface area contributed by atoms with E-state index in [2.05, 4.69) is 43.8 Å². The minimum absolute atomic E-state index is 1.29. The molecule has 0 unspecified atom stereocenters. The van der Waals surface area contributed by atoms with E-state index in [-0.39, 0.29) is 0 Å². The Hall–Kier alpha value is 0.0338. The van der Waals surface area contributed by atoms with Gasteiger partial charge in [-0.1, -0.05) is 0 Å². The highest BCUT2D eigenvalue weighted by Gasteiger charge is 2.36. The van der Waals surface area contributed by atoms with Gasteiger partial charge in [0.2, 0.25) is 0 Å². The first-order valence-electron chi connectivity index (χ1n) is 7.01. The lowest BCUT2D eigenvalue weighted by atomic mass is 11.2. The SMILES string of the molecule is CN(C)N[Si](NN(C)C)N(N(C)C)[Si](NN(C)C)NN(C)C. The van der Waals surface area contributed by atoms with Gasteiger partial charge in [-0.05, 0) is 0 Å². The monoisotopic (exact) mass is 350 g/mol. The minimum Gasteiger partial charge on any atom is -0.257 e. The standard InChI is InChI=1S/C10H34N10Si2/c1-15(2)11-21(12-16(3)4)20(19(9)10)22(13-17(5)6)14-18(7)8/h11-14H,1-10H3. The number of rotatable bonds is 11. The second kappa shape index (κ2) is 10.7. The molecule has 0 aliphatic carbocycles. The van der Waals surface area contributed by atoms with Crippen LogP contribution in [0.15, 0.2) is 0 Å². The lowest BCUT2D eigenvalue weighted by molar-refractivity contribution is 0.158. The van der Waals surface area contributed by atoms with E-state index in [1.54, 1.807) is 0 Å². The smallest absolute Gasteiger partial charge is 0.257 e. The van der Waals surface area contributed by atoms with Crippen molar-refractivity contribution in [3.8, 4) is 0 Å². The van der Waals surface area contributed by atoms with Crippen LogP contribution in [0, 0.1) is 0 Å². The maximum atomic E-state index is 3.49. The summed E-state index contributed by atoms with van der Waals surface area (Å²) in [5, 5.41) is 24.0. The first kappa shape index (κ1) is 22.0. The molecule has 10 nitrogen and oxygen atoms in total. The van der Waals surface area contributed by atoms with Crippen molar-refractivity contribution in [2.24, 2.45) is 0 Å². The van der Waals surface area contributed by atoms with Crippen LogP contribution < -0.4 is 20.4 Å². The normalized spacial score (nSPS) is 13.4. The maximum absolute atomic E-state index is 3.49. The third kappa shape index (κ3) is 9.24. The summed E-state index contributed by atoms with van der Waals surface area (Å²) in [7, 11) is 17.5. The Labute approximate surface area is 139 Å². The van der Waals surface area contributed by atoms with E-state index in [9.17, 15) is 0 Å². The topological polar surface area (TPSA) is 67.6 Å². The molecule has 0 saturated carbocycles. The van der Waals surface area contributed by atoms with Gasteiger partial charge in [0.1, 0.15) is 0 Å². The quantitative estimate of drug-likeness (QED) is 0.229. The number of nitrogens with one attached hydrogen (secondary N) is 4. The Morgan fingerprint density at radius 1 is 0.455 bits per heavy atom. The molecule has 0 aromatic carbocycles. The number of hydrazine groups is 5. The zero-order valence-electron chi connectivity index (χ0n) is 15.7. The summed E-state index contributed by atoms with van der Waals surface area (Å²) in [6.45, 7) is 0. The van der Waals surface area contributed by atoms with Gasteiger partial charge in [-0.2, -0.15) is 0 Å². The van der Waals surface area contributed by atoms with Gasteiger partial charge in [-0.15, -0.1) is 0 Å². The van der Waals surface area contributed by atoms with Crippen molar-refractivity contribution in [3.05, 3.63) is 0 Å². The van der Waals surface area contributed by atoms with Gasteiger partial charge >= 0.3 is 18.6 Å². The van der Waals surface area contributed by atoms with E-state index in [4.69, 9.17) is 0 Å². The van der Waals surface area contributed by atoms with Crippen LogP contribution in [0.3, 0.4) is 0 Å². The molecule has 22 heavy (non-hydrogen) atoms. The van der Waals surface area contributed by atoms with Crippen molar-refractivity contribution in [3.63, 3.8) is 0 Å². The largest absolute Gasteiger partial charge is 0.361 e. The lowest BCUT2D eigenvalue weighted by Crippen LogP contribution is -2.79. The molecular formula is C10H34N10Si2. The summed E-state index contributed by atoms with van der Waals surface area (Å²) in [6, 6.07) is 0. The molecule has 2 radical (unpaired) electrons. The molecule has 132 valence electrons. The van der Waals surface area contributed by atoms with Crippen LogP contribution in [0.2, 0.25) is 0 Å². The first-order chi connectivity index (χ1) is 10.0. The van der Waals surface area contributed by atoms with E-state index >= 15 is 0 Å². The van der Waals surface area contributed by atoms with E-state index in [0.29, 0.717) is 0 Å². The second-order valence-corrected chi connectivity index (χ2v) is 9.46. The van der Waals surface area contributed by atoms with E-state index in [1.807, 2.05) is 76.4 Å².